The molecule has 0 radical (unpaired) electrons. The largest absolute Gasteiger partial charge is 0.343 e. The summed E-state index contributed by atoms with van der Waals surface area (Å²) in [5.74, 6) is -0.364. The summed E-state index contributed by atoms with van der Waals surface area (Å²) in [5.41, 5.74) is 6.32. The fourth-order valence-corrected chi connectivity index (χ4v) is 3.46. The van der Waals surface area contributed by atoms with Gasteiger partial charge in [-0.1, -0.05) is 13.8 Å². The van der Waals surface area contributed by atoms with Gasteiger partial charge in [-0.25, -0.2) is 0 Å². The average molecular weight is 376 g/mol. The van der Waals surface area contributed by atoms with Crippen LogP contribution in [0.2, 0.25) is 0 Å². The van der Waals surface area contributed by atoms with E-state index in [-0.39, 0.29) is 22.9 Å². The Bertz CT molecular complexity index is 747. The number of nitrogens with zero attached hydrogens (tertiary/aromatic N) is 3. The molecule has 1 aliphatic heterocycles. The lowest BCUT2D eigenvalue weighted by atomic mass is 9.93. The molecule has 1 aromatic carbocycles. The molecular formula is C19H28N4O4. The van der Waals surface area contributed by atoms with Crippen LogP contribution in [0.15, 0.2) is 18.2 Å². The predicted octanol–water partition coefficient (Wildman–Crippen LogP) is 1.95. The molecule has 2 amide bonds. The summed E-state index contributed by atoms with van der Waals surface area (Å²) in [6, 6.07) is 3.80. The zero-order valence-corrected chi connectivity index (χ0v) is 16.4. The zero-order valence-electron chi connectivity index (χ0n) is 16.4. The number of rotatable bonds is 6. The number of hydrogen-bond acceptors (Lipinski definition) is 5. The number of likely N-dealkylation sites (tertiary alicyclic amines) is 1. The normalized spacial score (nSPS) is 17.1. The predicted molar refractivity (Wildman–Crippen MR) is 102 cm³/mol. The number of aryl methyl sites for hydroxylation is 1. The monoisotopic (exact) mass is 376 g/mol. The Kier molecular flexibility index (Phi) is 6.20. The maximum absolute atomic E-state index is 12.9. The SMILES string of the molecule is Cc1cc(C(=O)N2CCCC2C(=O)N(C)CC(C)(C)CN)ccc1[N+](=O)[O-]. The summed E-state index contributed by atoms with van der Waals surface area (Å²) < 4.78 is 0. The molecule has 1 heterocycles. The van der Waals surface area contributed by atoms with E-state index >= 15 is 0 Å². The van der Waals surface area contributed by atoms with Crippen molar-refractivity contribution >= 4 is 17.5 Å². The molecule has 1 unspecified atom stereocenters. The van der Waals surface area contributed by atoms with Crippen molar-refractivity contribution < 1.29 is 14.5 Å². The summed E-state index contributed by atoms with van der Waals surface area (Å²) >= 11 is 0. The van der Waals surface area contributed by atoms with E-state index in [0.29, 0.717) is 37.2 Å². The van der Waals surface area contributed by atoms with Crippen LogP contribution in [0.3, 0.4) is 0 Å². The van der Waals surface area contributed by atoms with Crippen LogP contribution in [0.25, 0.3) is 0 Å². The molecule has 0 saturated carbocycles. The Labute approximate surface area is 159 Å². The maximum atomic E-state index is 12.9. The first-order chi connectivity index (χ1) is 12.6. The van der Waals surface area contributed by atoms with E-state index in [1.54, 1.807) is 23.8 Å². The molecule has 0 aliphatic carbocycles. The highest BCUT2D eigenvalue weighted by Gasteiger charge is 2.37. The zero-order chi connectivity index (χ0) is 20.4. The van der Waals surface area contributed by atoms with E-state index in [1.165, 1.54) is 18.2 Å². The number of nitrogens with two attached hydrogens (primary N) is 1. The van der Waals surface area contributed by atoms with Crippen molar-refractivity contribution in [1.29, 1.82) is 0 Å². The maximum Gasteiger partial charge on any atom is 0.272 e. The van der Waals surface area contributed by atoms with Gasteiger partial charge >= 0.3 is 0 Å². The van der Waals surface area contributed by atoms with Gasteiger partial charge in [-0.05, 0) is 43.9 Å². The summed E-state index contributed by atoms with van der Waals surface area (Å²) in [6.07, 6.45) is 1.37. The molecule has 27 heavy (non-hydrogen) atoms. The van der Waals surface area contributed by atoms with Gasteiger partial charge in [0, 0.05) is 37.3 Å². The van der Waals surface area contributed by atoms with Crippen molar-refractivity contribution in [2.75, 3.05) is 26.7 Å². The van der Waals surface area contributed by atoms with E-state index in [2.05, 4.69) is 0 Å². The van der Waals surface area contributed by atoms with Crippen molar-refractivity contribution in [2.24, 2.45) is 11.1 Å². The van der Waals surface area contributed by atoms with Crippen LogP contribution < -0.4 is 5.73 Å². The molecule has 2 rings (SSSR count). The molecule has 1 atom stereocenters. The second-order valence-corrected chi connectivity index (χ2v) is 7.98. The minimum atomic E-state index is -0.508. The third-order valence-corrected chi connectivity index (χ3v) is 5.03. The van der Waals surface area contributed by atoms with Crippen molar-refractivity contribution in [3.8, 4) is 0 Å². The highest BCUT2D eigenvalue weighted by molar-refractivity contribution is 5.98. The number of carbonyl (C=O) groups is 2. The van der Waals surface area contributed by atoms with Gasteiger partial charge in [0.15, 0.2) is 0 Å². The van der Waals surface area contributed by atoms with E-state index in [1.807, 2.05) is 13.8 Å². The van der Waals surface area contributed by atoms with Gasteiger partial charge in [-0.2, -0.15) is 0 Å². The minimum Gasteiger partial charge on any atom is -0.343 e. The molecule has 1 fully saturated rings. The number of likely N-dealkylation sites (N-methyl/N-ethyl adjacent to an activating group) is 1. The highest BCUT2D eigenvalue weighted by Crippen LogP contribution is 2.25. The van der Waals surface area contributed by atoms with E-state index in [0.717, 1.165) is 6.42 Å². The number of hydrogen-bond donors (Lipinski definition) is 1. The number of benzene rings is 1. The van der Waals surface area contributed by atoms with E-state index in [9.17, 15) is 19.7 Å². The Morgan fingerprint density at radius 2 is 2.07 bits per heavy atom. The van der Waals surface area contributed by atoms with E-state index < -0.39 is 11.0 Å². The summed E-state index contributed by atoms with van der Waals surface area (Å²) in [4.78, 5) is 39.5. The molecule has 1 aromatic rings. The van der Waals surface area contributed by atoms with Crippen molar-refractivity contribution in [1.82, 2.24) is 9.80 Å². The summed E-state index contributed by atoms with van der Waals surface area (Å²) in [5, 5.41) is 11.0. The van der Waals surface area contributed by atoms with Crippen LogP contribution in [-0.4, -0.2) is 59.3 Å². The van der Waals surface area contributed by atoms with Crippen molar-refractivity contribution in [3.63, 3.8) is 0 Å². The molecule has 1 aliphatic rings. The molecule has 0 spiro atoms. The number of nitro benzene ring substituents is 1. The Hall–Kier alpha value is -2.48. The van der Waals surface area contributed by atoms with Gasteiger partial charge in [0.25, 0.3) is 11.6 Å². The van der Waals surface area contributed by atoms with Gasteiger partial charge in [0.2, 0.25) is 5.91 Å². The first-order valence-corrected chi connectivity index (χ1v) is 9.08. The molecular weight excluding hydrogens is 348 g/mol. The fraction of sp³-hybridized carbons (Fsp3) is 0.579. The highest BCUT2D eigenvalue weighted by atomic mass is 16.6. The number of amides is 2. The third-order valence-electron chi connectivity index (χ3n) is 5.03. The molecule has 1 saturated heterocycles. The van der Waals surface area contributed by atoms with Crippen LogP contribution >= 0.6 is 0 Å². The van der Waals surface area contributed by atoms with Crippen LogP contribution in [0.5, 0.6) is 0 Å². The van der Waals surface area contributed by atoms with Crippen LogP contribution in [0, 0.1) is 22.5 Å². The first kappa shape index (κ1) is 20.8. The fourth-order valence-electron chi connectivity index (χ4n) is 3.46. The lowest BCUT2D eigenvalue weighted by Crippen LogP contribution is -2.49. The van der Waals surface area contributed by atoms with E-state index in [4.69, 9.17) is 5.73 Å². The lowest BCUT2D eigenvalue weighted by Gasteiger charge is -2.33. The Morgan fingerprint density at radius 3 is 2.63 bits per heavy atom. The van der Waals surface area contributed by atoms with Gasteiger partial charge in [0.1, 0.15) is 6.04 Å². The number of carbonyl (C=O) groups excluding carboxylic acids is 2. The third kappa shape index (κ3) is 4.63. The van der Waals surface area contributed by atoms with Gasteiger partial charge < -0.3 is 15.5 Å². The summed E-state index contributed by atoms with van der Waals surface area (Å²) in [6.45, 7) is 7.06. The molecule has 8 heteroatoms. The quantitative estimate of drug-likeness (QED) is 0.603. The van der Waals surface area contributed by atoms with Gasteiger partial charge in [-0.3, -0.25) is 19.7 Å². The average Bonchev–Trinajstić information content (AvgIpc) is 3.09. The molecule has 0 aromatic heterocycles. The van der Waals surface area contributed by atoms with Crippen LogP contribution in [0.4, 0.5) is 5.69 Å². The van der Waals surface area contributed by atoms with Crippen molar-refractivity contribution in [2.45, 2.75) is 39.7 Å². The number of nitro groups is 1. The Balaban J connectivity index is 2.17. The van der Waals surface area contributed by atoms with Crippen LogP contribution in [0.1, 0.15) is 42.6 Å². The molecule has 8 nitrogen and oxygen atoms in total. The van der Waals surface area contributed by atoms with Gasteiger partial charge in [-0.15, -0.1) is 0 Å². The standard InChI is InChI=1S/C19H28N4O4/c1-13-10-14(7-8-15(13)23(26)27)17(24)22-9-5-6-16(22)18(25)21(4)12-19(2,3)11-20/h7-8,10,16H,5-6,9,11-12,20H2,1-4H3. The molecule has 0 bridgehead atoms. The lowest BCUT2D eigenvalue weighted by molar-refractivity contribution is -0.385. The topological polar surface area (TPSA) is 110 Å². The summed E-state index contributed by atoms with van der Waals surface area (Å²) in [7, 11) is 1.73. The Morgan fingerprint density at radius 1 is 1.41 bits per heavy atom. The molecule has 148 valence electrons. The van der Waals surface area contributed by atoms with Crippen LogP contribution in [-0.2, 0) is 4.79 Å². The minimum absolute atomic E-state index is 0.0238. The van der Waals surface area contributed by atoms with Crippen molar-refractivity contribution in [3.05, 3.63) is 39.4 Å². The van der Waals surface area contributed by atoms with Gasteiger partial charge in [0.05, 0.1) is 4.92 Å². The second-order valence-electron chi connectivity index (χ2n) is 7.98. The first-order valence-electron chi connectivity index (χ1n) is 9.08. The smallest absolute Gasteiger partial charge is 0.272 e. The molecule has 2 N–H and O–H groups in total. The second kappa shape index (κ2) is 8.04.